The van der Waals surface area contributed by atoms with Crippen LogP contribution in [-0.2, 0) is 13.6 Å². The topological polar surface area (TPSA) is 77.3 Å². The van der Waals surface area contributed by atoms with Crippen molar-refractivity contribution in [1.82, 2.24) is 14.4 Å². The lowest BCUT2D eigenvalue weighted by Gasteiger charge is -2.20. The van der Waals surface area contributed by atoms with Crippen molar-refractivity contribution in [2.24, 2.45) is 17.0 Å². The Balaban J connectivity index is 1.32. The highest BCUT2D eigenvalue weighted by atomic mass is 16.3. The Morgan fingerprint density at radius 2 is 1.38 bits per heavy atom. The van der Waals surface area contributed by atoms with Crippen molar-refractivity contribution in [2.75, 3.05) is 13.6 Å². The van der Waals surface area contributed by atoms with Gasteiger partial charge in [0.25, 0.3) is 5.88 Å². The first kappa shape index (κ1) is 26.6. The second-order valence-electron chi connectivity index (χ2n) is 9.56. The number of imidazole rings is 1. The predicted molar refractivity (Wildman–Crippen MR) is 158 cm³/mol. The summed E-state index contributed by atoms with van der Waals surface area (Å²) in [6.45, 7) is 5.48. The lowest BCUT2D eigenvalue weighted by atomic mass is 10.0. The van der Waals surface area contributed by atoms with Crippen LogP contribution in [0.1, 0.15) is 24.5 Å². The summed E-state index contributed by atoms with van der Waals surface area (Å²) < 4.78 is 3.68. The maximum absolute atomic E-state index is 12.7. The number of carbonyl (C=O) groups is 1. The SMILES string of the molecule is CCN1C=CN(C)/C1=C(\O)N=C1C=CC(=c2ccc(=C3C=CC(=NC(=O)c4n(CC)cc[n+]4C)C=C3)cc2)C=C1. The zero-order valence-electron chi connectivity index (χ0n) is 23.2. The summed E-state index contributed by atoms with van der Waals surface area (Å²) in [5, 5.41) is 12.8. The minimum atomic E-state index is -0.261. The van der Waals surface area contributed by atoms with Crippen molar-refractivity contribution >= 4 is 28.5 Å². The van der Waals surface area contributed by atoms with Gasteiger partial charge in [-0.05, 0) is 59.7 Å². The molecule has 0 spiro atoms. The summed E-state index contributed by atoms with van der Waals surface area (Å²) in [6, 6.07) is 8.33. The van der Waals surface area contributed by atoms with Gasteiger partial charge in [0.15, 0.2) is 5.82 Å². The molecule has 0 atom stereocenters. The third-order valence-corrected chi connectivity index (χ3v) is 6.98. The van der Waals surface area contributed by atoms with Gasteiger partial charge in [-0.1, -0.05) is 48.6 Å². The molecule has 40 heavy (non-hydrogen) atoms. The molecule has 5 rings (SSSR count). The van der Waals surface area contributed by atoms with E-state index in [2.05, 4.69) is 34.3 Å². The molecule has 1 aromatic carbocycles. The van der Waals surface area contributed by atoms with Crippen molar-refractivity contribution in [3.05, 3.63) is 126 Å². The number of rotatable bonds is 4. The maximum atomic E-state index is 12.7. The van der Waals surface area contributed by atoms with E-state index in [1.54, 1.807) is 4.57 Å². The quantitative estimate of drug-likeness (QED) is 0.484. The maximum Gasteiger partial charge on any atom is 0.360 e. The Bertz CT molecular complexity index is 1670. The zero-order chi connectivity index (χ0) is 28.2. The Morgan fingerprint density at radius 1 is 0.825 bits per heavy atom. The minimum absolute atomic E-state index is 0.0146. The average Bonchev–Trinajstić information content (AvgIpc) is 3.55. The first-order chi connectivity index (χ1) is 19.4. The summed E-state index contributed by atoms with van der Waals surface area (Å²) in [7, 11) is 3.74. The van der Waals surface area contributed by atoms with Crippen LogP contribution in [0.15, 0.2) is 119 Å². The molecule has 0 saturated carbocycles. The van der Waals surface area contributed by atoms with Gasteiger partial charge in [0.1, 0.15) is 12.4 Å². The average molecular weight is 534 g/mol. The number of amides is 1. The molecule has 0 unspecified atom stereocenters. The van der Waals surface area contributed by atoms with Crippen molar-refractivity contribution in [3.63, 3.8) is 0 Å². The largest absolute Gasteiger partial charge is 0.491 e. The highest BCUT2D eigenvalue weighted by molar-refractivity contribution is 6.14. The Labute approximate surface area is 233 Å². The van der Waals surface area contributed by atoms with Crippen LogP contribution in [0, 0.1) is 0 Å². The number of aryl methyl sites for hydroxylation is 2. The number of aliphatic imine (C=N–C) groups is 2. The van der Waals surface area contributed by atoms with Crippen LogP contribution in [0.5, 0.6) is 0 Å². The van der Waals surface area contributed by atoms with Crippen LogP contribution in [0.2, 0.25) is 0 Å². The third-order valence-electron chi connectivity index (χ3n) is 6.98. The highest BCUT2D eigenvalue weighted by Crippen LogP contribution is 2.21. The van der Waals surface area contributed by atoms with Crippen molar-refractivity contribution in [2.45, 2.75) is 20.4 Å². The minimum Gasteiger partial charge on any atom is -0.491 e. The lowest BCUT2D eigenvalue weighted by molar-refractivity contribution is -0.672. The van der Waals surface area contributed by atoms with Crippen LogP contribution < -0.4 is 15.0 Å². The van der Waals surface area contributed by atoms with E-state index in [1.165, 1.54) is 0 Å². The predicted octanol–water partition coefficient (Wildman–Crippen LogP) is 3.03. The number of hydrogen-bond acceptors (Lipinski definition) is 5. The fourth-order valence-corrected chi connectivity index (χ4v) is 4.77. The first-order valence-electron chi connectivity index (χ1n) is 13.3. The number of benzene rings is 1. The van der Waals surface area contributed by atoms with E-state index in [0.717, 1.165) is 28.1 Å². The van der Waals surface area contributed by atoms with E-state index in [9.17, 15) is 9.90 Å². The summed E-state index contributed by atoms with van der Waals surface area (Å²) in [5.41, 5.74) is 3.41. The van der Waals surface area contributed by atoms with Crippen LogP contribution in [0.3, 0.4) is 0 Å². The molecule has 0 saturated heterocycles. The van der Waals surface area contributed by atoms with Crippen molar-refractivity contribution in [1.29, 1.82) is 0 Å². The molecule has 2 heterocycles. The number of aliphatic hydroxyl groups is 1. The highest BCUT2D eigenvalue weighted by Gasteiger charge is 2.22. The van der Waals surface area contributed by atoms with Gasteiger partial charge in [-0.2, -0.15) is 0 Å². The van der Waals surface area contributed by atoms with E-state index in [-0.39, 0.29) is 11.8 Å². The molecule has 0 fully saturated rings. The summed E-state index contributed by atoms with van der Waals surface area (Å²) in [4.78, 5) is 25.3. The van der Waals surface area contributed by atoms with Gasteiger partial charge in [0, 0.05) is 26.0 Å². The summed E-state index contributed by atoms with van der Waals surface area (Å²) in [5.74, 6) is 0.943. The van der Waals surface area contributed by atoms with E-state index >= 15 is 0 Å². The third kappa shape index (κ3) is 5.42. The Hall–Kier alpha value is -4.98. The fraction of sp³-hybridized carbons (Fsp3) is 0.188. The second kappa shape index (κ2) is 11.4. The van der Waals surface area contributed by atoms with Crippen molar-refractivity contribution < 1.29 is 14.5 Å². The van der Waals surface area contributed by atoms with E-state index in [1.807, 2.05) is 116 Å². The summed E-state index contributed by atoms with van der Waals surface area (Å²) in [6.07, 6.45) is 23.1. The molecule has 3 aliphatic rings. The molecule has 202 valence electrons. The molecule has 1 aliphatic heterocycles. The fourth-order valence-electron chi connectivity index (χ4n) is 4.77. The van der Waals surface area contributed by atoms with Gasteiger partial charge in [0.2, 0.25) is 0 Å². The Kier molecular flexibility index (Phi) is 7.59. The number of aromatic nitrogens is 2. The van der Waals surface area contributed by atoms with Gasteiger partial charge >= 0.3 is 11.7 Å². The first-order valence-corrected chi connectivity index (χ1v) is 13.3. The molecule has 1 amide bonds. The molecule has 0 bridgehead atoms. The molecule has 2 aliphatic carbocycles. The molecule has 1 N–H and O–H groups in total. The molecule has 0 radical (unpaired) electrons. The standard InChI is InChI=1S/C32H32N6O2/c1-5-37-21-19-35(3)31(37)29(39)33-27-15-11-25(12-16-27)23-7-9-24(10-8-23)26-13-17-28(18-14-26)34-30(40)32-36(4)20-22-38(32)6-2/h7-22H,5-6H2,1-4H3/p+1/b25-23?,26-24?,31-29+,33-27?,34-28?. The van der Waals surface area contributed by atoms with Gasteiger partial charge in [-0.3, -0.25) is 4.79 Å². The normalized spacial score (nSPS) is 17.4. The van der Waals surface area contributed by atoms with Gasteiger partial charge in [-0.25, -0.2) is 19.1 Å². The number of allylic oxidation sites excluding steroid dienone is 8. The number of aliphatic hydroxyl groups excluding tert-OH is 1. The lowest BCUT2D eigenvalue weighted by Crippen LogP contribution is -2.35. The molecule has 8 nitrogen and oxygen atoms in total. The Morgan fingerprint density at radius 3 is 1.90 bits per heavy atom. The molecule has 8 heteroatoms. The molecule has 1 aromatic heterocycles. The molecule has 2 aromatic rings. The van der Waals surface area contributed by atoms with Crippen LogP contribution in [0.4, 0.5) is 0 Å². The van der Waals surface area contributed by atoms with Crippen LogP contribution >= 0.6 is 0 Å². The number of hydrogen-bond donors (Lipinski definition) is 1. The molecular weight excluding hydrogens is 500 g/mol. The van der Waals surface area contributed by atoms with Gasteiger partial charge < -0.3 is 14.9 Å². The zero-order valence-corrected chi connectivity index (χ0v) is 23.2. The summed E-state index contributed by atoms with van der Waals surface area (Å²) >= 11 is 0. The van der Waals surface area contributed by atoms with Crippen LogP contribution in [-0.4, -0.2) is 50.4 Å². The van der Waals surface area contributed by atoms with E-state index in [4.69, 9.17) is 0 Å². The van der Waals surface area contributed by atoms with Crippen molar-refractivity contribution in [3.8, 4) is 0 Å². The van der Waals surface area contributed by atoms with Gasteiger partial charge in [0.05, 0.1) is 25.0 Å². The number of nitrogens with zero attached hydrogens (tertiary/aromatic N) is 6. The molecular formula is C32H33N6O2+. The van der Waals surface area contributed by atoms with Crippen LogP contribution in [0.25, 0.3) is 11.1 Å². The smallest absolute Gasteiger partial charge is 0.360 e. The monoisotopic (exact) mass is 533 g/mol. The van der Waals surface area contributed by atoms with Gasteiger partial charge in [-0.15, -0.1) is 0 Å². The van der Waals surface area contributed by atoms with E-state index < -0.39 is 0 Å². The number of carbonyl (C=O) groups excluding carboxylic acids is 1. The second-order valence-corrected chi connectivity index (χ2v) is 9.56. The van der Waals surface area contributed by atoms with E-state index in [0.29, 0.717) is 29.6 Å².